The number of nitrogens with zero attached hydrogens (tertiary/aromatic N) is 2. The van der Waals surface area contributed by atoms with E-state index in [-0.39, 0.29) is 0 Å². The molecule has 0 radical (unpaired) electrons. The Labute approximate surface area is 105 Å². The molecule has 1 aromatic heterocycles. The number of anilines is 1. The Morgan fingerprint density at radius 2 is 2.18 bits per heavy atom. The molecule has 0 amide bonds. The average molecular weight is 250 g/mol. The number of nitrogens with one attached hydrogen (secondary N) is 1. The van der Waals surface area contributed by atoms with Crippen LogP contribution >= 0.6 is 11.6 Å². The summed E-state index contributed by atoms with van der Waals surface area (Å²) in [5, 5.41) is 3.64. The zero-order valence-corrected chi connectivity index (χ0v) is 10.1. The van der Waals surface area contributed by atoms with E-state index in [1.165, 1.54) is 6.33 Å². The summed E-state index contributed by atoms with van der Waals surface area (Å²) >= 11 is 5.95. The smallest absolute Gasteiger partial charge is 0.148 e. The van der Waals surface area contributed by atoms with E-state index < -0.39 is 0 Å². The van der Waals surface area contributed by atoms with Gasteiger partial charge in [-0.3, -0.25) is 0 Å². The lowest BCUT2D eigenvalue weighted by atomic mass is 10.2. The quantitative estimate of drug-likeness (QED) is 0.905. The molecule has 0 fully saturated rings. The summed E-state index contributed by atoms with van der Waals surface area (Å²) in [7, 11) is 1.65. The first-order valence-electron chi connectivity index (χ1n) is 5.12. The van der Waals surface area contributed by atoms with Gasteiger partial charge in [0.05, 0.1) is 13.3 Å². The van der Waals surface area contributed by atoms with Gasteiger partial charge in [0.25, 0.3) is 0 Å². The van der Waals surface area contributed by atoms with E-state index in [1.54, 1.807) is 13.3 Å². The van der Waals surface area contributed by atoms with E-state index in [4.69, 9.17) is 16.3 Å². The molecule has 0 aliphatic carbocycles. The molecular weight excluding hydrogens is 238 g/mol. The van der Waals surface area contributed by atoms with E-state index in [0.29, 0.717) is 17.4 Å². The van der Waals surface area contributed by atoms with Crippen LogP contribution in [0.5, 0.6) is 5.75 Å². The summed E-state index contributed by atoms with van der Waals surface area (Å²) < 4.78 is 5.26. The molecule has 88 valence electrons. The SMILES string of the molecule is COc1ccccc1CNc1ncncc1Cl. The van der Waals surface area contributed by atoms with Crippen LogP contribution in [0.15, 0.2) is 36.8 Å². The van der Waals surface area contributed by atoms with Crippen molar-refractivity contribution in [1.29, 1.82) is 0 Å². The van der Waals surface area contributed by atoms with Crippen LogP contribution in [0.4, 0.5) is 5.82 Å². The van der Waals surface area contributed by atoms with Gasteiger partial charge in [0.2, 0.25) is 0 Å². The van der Waals surface area contributed by atoms with Crippen LogP contribution in [-0.4, -0.2) is 17.1 Å². The average Bonchev–Trinajstić information content (AvgIpc) is 2.38. The van der Waals surface area contributed by atoms with Crippen LogP contribution in [-0.2, 0) is 6.54 Å². The molecule has 2 aromatic rings. The maximum absolute atomic E-state index is 5.95. The van der Waals surface area contributed by atoms with Gasteiger partial charge in [-0.25, -0.2) is 9.97 Å². The highest BCUT2D eigenvalue weighted by Gasteiger charge is 2.04. The first kappa shape index (κ1) is 11.7. The molecular formula is C12H12ClN3O. The third kappa shape index (κ3) is 2.85. The van der Waals surface area contributed by atoms with Crippen molar-refractivity contribution in [2.75, 3.05) is 12.4 Å². The van der Waals surface area contributed by atoms with E-state index >= 15 is 0 Å². The zero-order chi connectivity index (χ0) is 12.1. The zero-order valence-electron chi connectivity index (χ0n) is 9.35. The van der Waals surface area contributed by atoms with Gasteiger partial charge in [0, 0.05) is 12.1 Å². The Bertz CT molecular complexity index is 505. The molecule has 4 nitrogen and oxygen atoms in total. The van der Waals surface area contributed by atoms with E-state index in [9.17, 15) is 0 Å². The standard InChI is InChI=1S/C12H12ClN3O/c1-17-11-5-3-2-4-9(11)6-15-12-10(13)7-14-8-16-12/h2-5,7-8H,6H2,1H3,(H,14,15,16). The molecule has 0 bridgehead atoms. The van der Waals surface area contributed by atoms with Crippen molar-refractivity contribution in [1.82, 2.24) is 9.97 Å². The highest BCUT2D eigenvalue weighted by atomic mass is 35.5. The topological polar surface area (TPSA) is 47.0 Å². The summed E-state index contributed by atoms with van der Waals surface area (Å²) in [6.07, 6.45) is 3.01. The fourth-order valence-corrected chi connectivity index (χ4v) is 1.64. The molecule has 0 unspecified atom stereocenters. The van der Waals surface area contributed by atoms with Gasteiger partial charge in [-0.15, -0.1) is 0 Å². The largest absolute Gasteiger partial charge is 0.496 e. The fourth-order valence-electron chi connectivity index (χ4n) is 1.47. The number of hydrogen-bond acceptors (Lipinski definition) is 4. The Kier molecular flexibility index (Phi) is 3.77. The molecule has 0 aliphatic heterocycles. The van der Waals surface area contributed by atoms with Crippen LogP contribution in [0, 0.1) is 0 Å². The number of rotatable bonds is 4. The summed E-state index contributed by atoms with van der Waals surface area (Å²) in [6, 6.07) is 7.79. The molecule has 0 spiro atoms. The van der Waals surface area contributed by atoms with Gasteiger partial charge in [-0.05, 0) is 6.07 Å². The fraction of sp³-hybridized carbons (Fsp3) is 0.167. The van der Waals surface area contributed by atoms with Gasteiger partial charge in [-0.1, -0.05) is 29.8 Å². The van der Waals surface area contributed by atoms with Gasteiger partial charge < -0.3 is 10.1 Å². The molecule has 2 rings (SSSR count). The first-order chi connectivity index (χ1) is 8.31. The number of aromatic nitrogens is 2. The maximum Gasteiger partial charge on any atom is 0.148 e. The molecule has 0 atom stereocenters. The minimum absolute atomic E-state index is 0.502. The number of ether oxygens (including phenoxy) is 1. The van der Waals surface area contributed by atoms with Crippen molar-refractivity contribution in [2.45, 2.75) is 6.54 Å². The molecule has 1 N–H and O–H groups in total. The summed E-state index contributed by atoms with van der Waals surface area (Å²) in [5.74, 6) is 1.46. The number of benzene rings is 1. The van der Waals surface area contributed by atoms with E-state index in [1.807, 2.05) is 24.3 Å². The minimum Gasteiger partial charge on any atom is -0.496 e. The summed E-state index contributed by atoms with van der Waals surface area (Å²) in [6.45, 7) is 0.598. The summed E-state index contributed by atoms with van der Waals surface area (Å²) in [4.78, 5) is 7.88. The number of halogens is 1. The minimum atomic E-state index is 0.502. The van der Waals surface area contributed by atoms with Crippen molar-refractivity contribution in [3.63, 3.8) is 0 Å². The van der Waals surface area contributed by atoms with Crippen molar-refractivity contribution in [3.05, 3.63) is 47.4 Å². The lowest BCUT2D eigenvalue weighted by Crippen LogP contribution is -2.03. The highest BCUT2D eigenvalue weighted by Crippen LogP contribution is 2.21. The molecule has 1 aromatic carbocycles. The first-order valence-corrected chi connectivity index (χ1v) is 5.50. The molecule has 0 saturated heterocycles. The Hall–Kier alpha value is -1.81. The predicted octanol–water partition coefficient (Wildman–Crippen LogP) is 2.75. The molecule has 0 saturated carbocycles. The van der Waals surface area contributed by atoms with Gasteiger partial charge in [0.15, 0.2) is 0 Å². The molecule has 0 aliphatic rings. The van der Waals surface area contributed by atoms with Gasteiger partial charge in [-0.2, -0.15) is 0 Å². The van der Waals surface area contributed by atoms with Crippen LogP contribution in [0.25, 0.3) is 0 Å². The third-order valence-corrected chi connectivity index (χ3v) is 2.58. The van der Waals surface area contributed by atoms with Crippen LogP contribution < -0.4 is 10.1 Å². The normalized spacial score (nSPS) is 10.0. The van der Waals surface area contributed by atoms with Gasteiger partial charge >= 0.3 is 0 Å². The molecule has 17 heavy (non-hydrogen) atoms. The van der Waals surface area contributed by atoms with Gasteiger partial charge in [0.1, 0.15) is 22.9 Å². The number of hydrogen-bond donors (Lipinski definition) is 1. The Morgan fingerprint density at radius 1 is 1.35 bits per heavy atom. The van der Waals surface area contributed by atoms with E-state index in [2.05, 4.69) is 15.3 Å². The maximum atomic E-state index is 5.95. The van der Waals surface area contributed by atoms with E-state index in [0.717, 1.165) is 11.3 Å². The van der Waals surface area contributed by atoms with Crippen LogP contribution in [0.1, 0.15) is 5.56 Å². The summed E-state index contributed by atoms with van der Waals surface area (Å²) in [5.41, 5.74) is 1.05. The number of para-hydroxylation sites is 1. The van der Waals surface area contributed by atoms with Crippen LogP contribution in [0.2, 0.25) is 5.02 Å². The molecule has 1 heterocycles. The number of methoxy groups -OCH3 is 1. The van der Waals surface area contributed by atoms with Crippen molar-refractivity contribution in [2.24, 2.45) is 0 Å². The third-order valence-electron chi connectivity index (χ3n) is 2.31. The van der Waals surface area contributed by atoms with Crippen LogP contribution in [0.3, 0.4) is 0 Å². The second kappa shape index (κ2) is 5.50. The Balaban J connectivity index is 2.10. The molecule has 5 heteroatoms. The van der Waals surface area contributed by atoms with Crippen molar-refractivity contribution < 1.29 is 4.74 Å². The lowest BCUT2D eigenvalue weighted by Gasteiger charge is -2.10. The van der Waals surface area contributed by atoms with Crippen molar-refractivity contribution >= 4 is 17.4 Å². The second-order valence-electron chi connectivity index (χ2n) is 3.38. The Morgan fingerprint density at radius 3 is 2.94 bits per heavy atom. The predicted molar refractivity (Wildman–Crippen MR) is 67.4 cm³/mol. The highest BCUT2D eigenvalue weighted by molar-refractivity contribution is 6.32. The second-order valence-corrected chi connectivity index (χ2v) is 3.79. The van der Waals surface area contributed by atoms with Crippen molar-refractivity contribution in [3.8, 4) is 5.75 Å². The lowest BCUT2D eigenvalue weighted by molar-refractivity contribution is 0.410. The monoisotopic (exact) mass is 249 g/mol.